The van der Waals surface area contributed by atoms with Gasteiger partial charge in [0.2, 0.25) is 0 Å². The summed E-state index contributed by atoms with van der Waals surface area (Å²) >= 11 is 1.41. The molecule has 0 aliphatic heterocycles. The molecule has 2 aromatic carbocycles. The van der Waals surface area contributed by atoms with Gasteiger partial charge >= 0.3 is 0 Å². The minimum atomic E-state index is -0.494. The number of para-hydroxylation sites is 1. The lowest BCUT2D eigenvalue weighted by Crippen LogP contribution is -2.13. The molecule has 3 aromatic heterocycles. The van der Waals surface area contributed by atoms with Gasteiger partial charge in [0.05, 0.1) is 13.2 Å². The third kappa shape index (κ3) is 4.69. The van der Waals surface area contributed by atoms with E-state index in [1.165, 1.54) is 17.3 Å². The Morgan fingerprint density at radius 1 is 1.06 bits per heavy atom. The molecule has 0 fully saturated rings. The predicted octanol–water partition coefficient (Wildman–Crippen LogP) is 5.75. The van der Waals surface area contributed by atoms with E-state index in [2.05, 4.69) is 33.2 Å². The molecule has 7 nitrogen and oxygen atoms in total. The lowest BCUT2D eigenvalue weighted by atomic mass is 10.0. The number of hydrogen-bond acceptors (Lipinski definition) is 6. The summed E-state index contributed by atoms with van der Waals surface area (Å²) < 4.78 is 7.37. The smallest absolute Gasteiger partial charge is 0.192 e. The molecule has 5 aromatic rings. The second-order valence-electron chi connectivity index (χ2n) is 8.35. The molecule has 0 radical (unpaired) electrons. The van der Waals surface area contributed by atoms with Crippen molar-refractivity contribution in [2.24, 2.45) is 0 Å². The summed E-state index contributed by atoms with van der Waals surface area (Å²) in [6.45, 7) is 3.18. The number of aromatic nitrogens is 5. The van der Waals surface area contributed by atoms with Gasteiger partial charge in [-0.05, 0) is 29.7 Å². The van der Waals surface area contributed by atoms with Crippen LogP contribution in [0.5, 0.6) is 0 Å². The molecule has 0 spiro atoms. The SMILES string of the molecule is CCc1cccc2c(C(=O)C(Sc3nnc(-c4ccncc4)n3CCOC)c3ccccc3)c[nH]c12. The quantitative estimate of drug-likeness (QED) is 0.195. The van der Waals surface area contributed by atoms with Gasteiger partial charge in [0.25, 0.3) is 0 Å². The fourth-order valence-electron chi connectivity index (χ4n) is 4.34. The van der Waals surface area contributed by atoms with Crippen LogP contribution in [0.1, 0.15) is 33.7 Å². The molecule has 0 aliphatic rings. The van der Waals surface area contributed by atoms with Gasteiger partial charge in [-0.2, -0.15) is 0 Å². The Morgan fingerprint density at radius 2 is 1.86 bits per heavy atom. The van der Waals surface area contributed by atoms with Gasteiger partial charge in [-0.3, -0.25) is 14.3 Å². The molecule has 182 valence electrons. The van der Waals surface area contributed by atoms with E-state index in [0.29, 0.717) is 23.9 Å². The number of thioether (sulfide) groups is 1. The highest BCUT2D eigenvalue weighted by molar-refractivity contribution is 8.00. The van der Waals surface area contributed by atoms with Gasteiger partial charge in [-0.25, -0.2) is 0 Å². The van der Waals surface area contributed by atoms with E-state index in [1.54, 1.807) is 19.5 Å². The molecule has 1 atom stereocenters. The number of aromatic amines is 1. The fraction of sp³-hybridized carbons (Fsp3) is 0.214. The van der Waals surface area contributed by atoms with Crippen molar-refractivity contribution >= 4 is 28.4 Å². The summed E-state index contributed by atoms with van der Waals surface area (Å²) in [5.74, 6) is 0.744. The Balaban J connectivity index is 1.57. The molecule has 0 saturated carbocycles. The van der Waals surface area contributed by atoms with Crippen LogP contribution in [0.25, 0.3) is 22.3 Å². The molecule has 0 bridgehead atoms. The van der Waals surface area contributed by atoms with Crippen LogP contribution < -0.4 is 0 Å². The van der Waals surface area contributed by atoms with Crippen molar-refractivity contribution in [3.05, 3.63) is 95.9 Å². The molecular weight excluding hydrogens is 470 g/mol. The second kappa shape index (κ2) is 10.9. The van der Waals surface area contributed by atoms with Gasteiger partial charge in [-0.15, -0.1) is 10.2 Å². The highest BCUT2D eigenvalue weighted by Crippen LogP contribution is 2.39. The van der Waals surface area contributed by atoms with E-state index < -0.39 is 5.25 Å². The Hall–Kier alpha value is -3.75. The summed E-state index contributed by atoms with van der Waals surface area (Å²) in [5, 5.41) is 10.1. The van der Waals surface area contributed by atoms with E-state index in [1.807, 2.05) is 65.4 Å². The molecule has 8 heteroatoms. The zero-order chi connectivity index (χ0) is 24.9. The van der Waals surface area contributed by atoms with Crippen LogP contribution in [-0.4, -0.2) is 44.2 Å². The lowest BCUT2D eigenvalue weighted by molar-refractivity contribution is 0.0991. The first-order valence-corrected chi connectivity index (χ1v) is 12.8. The van der Waals surface area contributed by atoms with Gasteiger partial charge in [0, 0.05) is 47.7 Å². The van der Waals surface area contributed by atoms with Crippen molar-refractivity contribution in [3.8, 4) is 11.4 Å². The fourth-order valence-corrected chi connectivity index (χ4v) is 5.47. The Bertz CT molecular complexity index is 1460. The summed E-state index contributed by atoms with van der Waals surface area (Å²) in [7, 11) is 1.67. The number of rotatable bonds is 10. The van der Waals surface area contributed by atoms with Crippen LogP contribution in [0.2, 0.25) is 0 Å². The van der Waals surface area contributed by atoms with E-state index in [4.69, 9.17) is 4.74 Å². The first kappa shape index (κ1) is 24.0. The van der Waals surface area contributed by atoms with Crippen molar-refractivity contribution in [3.63, 3.8) is 0 Å². The lowest BCUT2D eigenvalue weighted by Gasteiger charge is -2.17. The minimum absolute atomic E-state index is 0.0254. The second-order valence-corrected chi connectivity index (χ2v) is 9.43. The highest BCUT2D eigenvalue weighted by atomic mass is 32.2. The number of hydrogen-bond donors (Lipinski definition) is 1. The summed E-state index contributed by atoms with van der Waals surface area (Å²) in [6, 6.07) is 19.8. The zero-order valence-electron chi connectivity index (χ0n) is 20.2. The van der Waals surface area contributed by atoms with E-state index in [0.717, 1.165) is 34.3 Å². The maximum atomic E-state index is 14.1. The predicted molar refractivity (Wildman–Crippen MR) is 142 cm³/mol. The number of ether oxygens (including phenoxy) is 1. The number of methoxy groups -OCH3 is 1. The van der Waals surface area contributed by atoms with Crippen LogP contribution >= 0.6 is 11.8 Å². The van der Waals surface area contributed by atoms with Crippen molar-refractivity contribution in [1.29, 1.82) is 0 Å². The third-order valence-electron chi connectivity index (χ3n) is 6.19. The maximum absolute atomic E-state index is 14.1. The molecule has 36 heavy (non-hydrogen) atoms. The van der Waals surface area contributed by atoms with Crippen LogP contribution in [0, 0.1) is 0 Å². The summed E-state index contributed by atoms with van der Waals surface area (Å²) in [6.07, 6.45) is 6.19. The summed E-state index contributed by atoms with van der Waals surface area (Å²) in [5.41, 5.74) is 4.71. The van der Waals surface area contributed by atoms with Gasteiger partial charge in [0.15, 0.2) is 16.8 Å². The van der Waals surface area contributed by atoms with E-state index >= 15 is 0 Å². The number of ketones is 1. The molecule has 0 aliphatic carbocycles. The van der Waals surface area contributed by atoms with Crippen molar-refractivity contribution in [2.45, 2.75) is 30.3 Å². The number of H-pyrrole nitrogens is 1. The number of nitrogens with zero attached hydrogens (tertiary/aromatic N) is 4. The normalized spacial score (nSPS) is 12.2. The zero-order valence-corrected chi connectivity index (χ0v) is 21.0. The molecule has 0 amide bonds. The number of fused-ring (bicyclic) bond motifs is 1. The van der Waals surface area contributed by atoms with Crippen LogP contribution in [0.4, 0.5) is 0 Å². The first-order chi connectivity index (χ1) is 17.7. The van der Waals surface area contributed by atoms with Gasteiger partial charge < -0.3 is 9.72 Å². The Kier molecular flexibility index (Phi) is 7.25. The topological polar surface area (TPSA) is 85.7 Å². The Morgan fingerprint density at radius 3 is 2.61 bits per heavy atom. The average Bonchev–Trinajstić information content (AvgIpc) is 3.55. The number of carbonyl (C=O) groups excluding carboxylic acids is 1. The monoisotopic (exact) mass is 497 g/mol. The number of nitrogens with one attached hydrogen (secondary N) is 1. The number of carbonyl (C=O) groups is 1. The van der Waals surface area contributed by atoms with E-state index in [-0.39, 0.29) is 5.78 Å². The molecule has 5 rings (SSSR count). The van der Waals surface area contributed by atoms with Crippen molar-refractivity contribution < 1.29 is 9.53 Å². The number of aryl methyl sites for hydroxylation is 1. The Labute approximate surface area is 213 Å². The molecular formula is C28H27N5O2S. The first-order valence-electron chi connectivity index (χ1n) is 11.9. The molecule has 1 N–H and O–H groups in total. The van der Waals surface area contributed by atoms with Crippen LogP contribution in [0.15, 0.2) is 84.4 Å². The number of pyridine rings is 1. The highest BCUT2D eigenvalue weighted by Gasteiger charge is 2.28. The van der Waals surface area contributed by atoms with Crippen LogP contribution in [-0.2, 0) is 17.7 Å². The largest absolute Gasteiger partial charge is 0.383 e. The molecule has 3 heterocycles. The van der Waals surface area contributed by atoms with Gasteiger partial charge in [0.1, 0.15) is 5.25 Å². The van der Waals surface area contributed by atoms with Crippen molar-refractivity contribution in [2.75, 3.05) is 13.7 Å². The van der Waals surface area contributed by atoms with Crippen LogP contribution in [0.3, 0.4) is 0 Å². The molecule has 1 unspecified atom stereocenters. The standard InChI is InChI=1S/C28H27N5O2S/c1-3-19-10-7-11-22-23(18-30-24(19)22)25(34)26(20-8-5-4-6-9-20)36-28-32-31-27(33(28)16-17-35-2)21-12-14-29-15-13-21/h4-15,18,26,30H,3,16-17H2,1-2H3. The van der Waals surface area contributed by atoms with E-state index in [9.17, 15) is 4.79 Å². The van der Waals surface area contributed by atoms with Gasteiger partial charge in [-0.1, -0.05) is 67.2 Å². The minimum Gasteiger partial charge on any atom is -0.383 e. The maximum Gasteiger partial charge on any atom is 0.192 e. The summed E-state index contributed by atoms with van der Waals surface area (Å²) in [4.78, 5) is 21.5. The third-order valence-corrected chi connectivity index (χ3v) is 7.42. The molecule has 0 saturated heterocycles. The number of Topliss-reactive ketones (excluding diaryl/α,β-unsaturated/α-hetero) is 1. The average molecular weight is 498 g/mol. The van der Waals surface area contributed by atoms with Crippen molar-refractivity contribution in [1.82, 2.24) is 24.7 Å². The number of benzene rings is 2.